The molecule has 1 N–H and O–H groups in total. The van der Waals surface area contributed by atoms with Crippen molar-refractivity contribution in [3.63, 3.8) is 0 Å². The first-order chi connectivity index (χ1) is 14.9. The van der Waals surface area contributed by atoms with Crippen LogP contribution in [-0.4, -0.2) is 56.2 Å². The number of thiophene rings is 1. The van der Waals surface area contributed by atoms with Gasteiger partial charge in [0, 0.05) is 17.0 Å². The molecule has 1 aliphatic heterocycles. The highest BCUT2D eigenvalue weighted by molar-refractivity contribution is 7.17. The van der Waals surface area contributed by atoms with Gasteiger partial charge in [-0.25, -0.2) is 14.4 Å². The van der Waals surface area contributed by atoms with E-state index >= 15 is 0 Å². The van der Waals surface area contributed by atoms with Crippen molar-refractivity contribution >= 4 is 40.3 Å². The maximum absolute atomic E-state index is 12.8. The molecule has 1 aromatic heterocycles. The highest BCUT2D eigenvalue weighted by Gasteiger charge is 2.31. The molecule has 3 rings (SSSR count). The Morgan fingerprint density at radius 2 is 1.71 bits per heavy atom. The summed E-state index contributed by atoms with van der Waals surface area (Å²) in [6.07, 6.45) is -0.00768. The summed E-state index contributed by atoms with van der Waals surface area (Å²) in [5, 5.41) is 3.13. The van der Waals surface area contributed by atoms with Crippen molar-refractivity contribution in [2.75, 3.05) is 32.7 Å². The molecule has 0 unspecified atom stereocenters. The Morgan fingerprint density at radius 3 is 2.32 bits per heavy atom. The maximum atomic E-state index is 12.8. The number of nitrogens with one attached hydrogen (secondary N) is 1. The first kappa shape index (κ1) is 22.3. The molecule has 0 atom stereocenters. The third kappa shape index (κ3) is 4.69. The van der Waals surface area contributed by atoms with E-state index in [1.807, 2.05) is 0 Å². The van der Waals surface area contributed by atoms with E-state index in [0.717, 1.165) is 10.4 Å². The van der Waals surface area contributed by atoms with Crippen LogP contribution in [0.3, 0.4) is 0 Å². The smallest absolute Gasteiger partial charge is 0.409 e. The highest BCUT2D eigenvalue weighted by Crippen LogP contribution is 2.38. The molecule has 0 saturated carbocycles. The molecular weight excluding hydrogens is 424 g/mol. The van der Waals surface area contributed by atoms with Gasteiger partial charge in [0.2, 0.25) is 0 Å². The standard InChI is InChI=1S/C21H22N2O7S/c1-4-30-20(26)16-14-9-10-23(21(27)29-3)11-15(14)31-18(16)22-17(24)12-5-7-13(8-6-12)19(25)28-2/h5-8H,4,9-11H2,1-3H3,(H,22,24). The largest absolute Gasteiger partial charge is 0.465 e. The zero-order valence-corrected chi connectivity index (χ0v) is 18.2. The summed E-state index contributed by atoms with van der Waals surface area (Å²) >= 11 is 1.23. The van der Waals surface area contributed by atoms with Crippen LogP contribution in [0.1, 0.15) is 48.4 Å². The number of amides is 2. The van der Waals surface area contributed by atoms with Gasteiger partial charge in [0.1, 0.15) is 5.00 Å². The van der Waals surface area contributed by atoms with Crippen molar-refractivity contribution in [1.29, 1.82) is 0 Å². The van der Waals surface area contributed by atoms with Crippen molar-refractivity contribution in [3.05, 3.63) is 51.4 Å². The second kappa shape index (κ2) is 9.61. The van der Waals surface area contributed by atoms with E-state index in [1.165, 1.54) is 54.7 Å². The van der Waals surface area contributed by atoms with Crippen LogP contribution in [0.2, 0.25) is 0 Å². The average Bonchev–Trinajstić information content (AvgIpc) is 3.15. The van der Waals surface area contributed by atoms with Crippen molar-refractivity contribution < 1.29 is 33.4 Å². The maximum Gasteiger partial charge on any atom is 0.409 e. The van der Waals surface area contributed by atoms with Gasteiger partial charge in [-0.05, 0) is 43.2 Å². The minimum absolute atomic E-state index is 0.195. The lowest BCUT2D eigenvalue weighted by Crippen LogP contribution is -2.35. The van der Waals surface area contributed by atoms with Crippen LogP contribution in [0, 0.1) is 0 Å². The van der Waals surface area contributed by atoms with Gasteiger partial charge in [-0.3, -0.25) is 4.79 Å². The first-order valence-electron chi connectivity index (χ1n) is 9.53. The number of ether oxygens (including phenoxy) is 3. The summed E-state index contributed by atoms with van der Waals surface area (Å²) in [5.41, 5.74) is 1.71. The van der Waals surface area contributed by atoms with Gasteiger partial charge in [-0.2, -0.15) is 0 Å². The summed E-state index contributed by atoms with van der Waals surface area (Å²) < 4.78 is 14.6. The second-order valence-electron chi connectivity index (χ2n) is 6.59. The zero-order valence-electron chi connectivity index (χ0n) is 17.4. The third-order valence-corrected chi connectivity index (χ3v) is 5.90. The monoisotopic (exact) mass is 446 g/mol. The molecule has 9 nitrogen and oxygen atoms in total. The molecule has 10 heteroatoms. The lowest BCUT2D eigenvalue weighted by molar-refractivity contribution is 0.0525. The van der Waals surface area contributed by atoms with Crippen LogP contribution >= 0.6 is 11.3 Å². The van der Waals surface area contributed by atoms with Gasteiger partial charge < -0.3 is 24.4 Å². The molecule has 0 saturated heterocycles. The molecular formula is C21H22N2O7S. The third-order valence-electron chi connectivity index (χ3n) is 4.76. The predicted molar refractivity (Wildman–Crippen MR) is 113 cm³/mol. The molecule has 0 bridgehead atoms. The van der Waals surface area contributed by atoms with E-state index in [2.05, 4.69) is 10.1 Å². The van der Waals surface area contributed by atoms with Crippen molar-refractivity contribution in [2.45, 2.75) is 19.9 Å². The Bertz CT molecular complexity index is 1010. The molecule has 2 heterocycles. The number of esters is 2. The number of fused-ring (bicyclic) bond motifs is 1. The first-order valence-corrected chi connectivity index (χ1v) is 10.4. The van der Waals surface area contributed by atoms with Crippen molar-refractivity contribution in [1.82, 2.24) is 4.90 Å². The van der Waals surface area contributed by atoms with Crippen LogP contribution in [0.15, 0.2) is 24.3 Å². The van der Waals surface area contributed by atoms with Gasteiger partial charge in [0.25, 0.3) is 5.91 Å². The number of benzene rings is 1. The van der Waals surface area contributed by atoms with Crippen molar-refractivity contribution in [3.8, 4) is 0 Å². The van der Waals surface area contributed by atoms with E-state index < -0.39 is 23.9 Å². The van der Waals surface area contributed by atoms with E-state index in [-0.39, 0.29) is 13.2 Å². The fourth-order valence-electron chi connectivity index (χ4n) is 3.25. The Morgan fingerprint density at radius 1 is 1.03 bits per heavy atom. The van der Waals surface area contributed by atoms with Gasteiger partial charge in [-0.1, -0.05) is 0 Å². The Balaban J connectivity index is 1.88. The van der Waals surface area contributed by atoms with E-state index in [9.17, 15) is 19.2 Å². The van der Waals surface area contributed by atoms with E-state index in [1.54, 1.807) is 6.92 Å². The number of carbonyl (C=O) groups is 4. The number of rotatable bonds is 5. The SMILES string of the molecule is CCOC(=O)c1c(NC(=O)c2ccc(C(=O)OC)cc2)sc2c1CCN(C(=O)OC)C2. The minimum Gasteiger partial charge on any atom is -0.465 e. The molecule has 1 aliphatic rings. The van der Waals surface area contributed by atoms with Crippen molar-refractivity contribution in [2.24, 2.45) is 0 Å². The number of carbonyl (C=O) groups excluding carboxylic acids is 4. The normalized spacial score (nSPS) is 12.5. The molecule has 0 aliphatic carbocycles. The highest BCUT2D eigenvalue weighted by atomic mass is 32.1. The fraction of sp³-hybridized carbons (Fsp3) is 0.333. The Hall–Kier alpha value is -3.40. The fourth-order valence-corrected chi connectivity index (χ4v) is 4.49. The number of methoxy groups -OCH3 is 2. The van der Waals surface area contributed by atoms with Crippen LogP contribution in [0.4, 0.5) is 9.80 Å². The van der Waals surface area contributed by atoms with Gasteiger partial charge in [0.05, 0.1) is 38.5 Å². The predicted octanol–water partition coefficient (Wildman–Crippen LogP) is 3.09. The molecule has 0 radical (unpaired) electrons. The Kier molecular flexibility index (Phi) is 6.91. The molecule has 2 amide bonds. The molecule has 31 heavy (non-hydrogen) atoms. The van der Waals surface area contributed by atoms with E-state index in [4.69, 9.17) is 9.47 Å². The molecule has 0 fully saturated rings. The summed E-state index contributed by atoms with van der Waals surface area (Å²) in [4.78, 5) is 51.2. The zero-order chi connectivity index (χ0) is 22.5. The molecule has 0 spiro atoms. The Labute approximate surface area is 182 Å². The lowest BCUT2D eigenvalue weighted by Gasteiger charge is -2.25. The lowest BCUT2D eigenvalue weighted by atomic mass is 10.0. The van der Waals surface area contributed by atoms with Crippen LogP contribution in [0.5, 0.6) is 0 Å². The number of nitrogens with zero attached hydrogens (tertiary/aromatic N) is 1. The summed E-state index contributed by atoms with van der Waals surface area (Å²) in [6.45, 7) is 2.57. The van der Waals surface area contributed by atoms with Crippen LogP contribution < -0.4 is 5.32 Å². The van der Waals surface area contributed by atoms with Crippen LogP contribution in [-0.2, 0) is 27.2 Å². The summed E-state index contributed by atoms with van der Waals surface area (Å²) in [5.74, 6) is -1.47. The molecule has 1 aromatic carbocycles. The van der Waals surface area contributed by atoms with Gasteiger partial charge in [0.15, 0.2) is 0 Å². The molecule has 164 valence electrons. The summed E-state index contributed by atoms with van der Waals surface area (Å²) in [6, 6.07) is 5.97. The summed E-state index contributed by atoms with van der Waals surface area (Å²) in [7, 11) is 2.59. The average molecular weight is 446 g/mol. The van der Waals surface area contributed by atoms with E-state index in [0.29, 0.717) is 34.7 Å². The topological polar surface area (TPSA) is 111 Å². The number of hydrogen-bond acceptors (Lipinski definition) is 8. The van der Waals surface area contributed by atoms with Gasteiger partial charge in [-0.15, -0.1) is 11.3 Å². The number of hydrogen-bond donors (Lipinski definition) is 1. The number of anilines is 1. The molecule has 2 aromatic rings. The second-order valence-corrected chi connectivity index (χ2v) is 7.70. The van der Waals surface area contributed by atoms with Crippen LogP contribution in [0.25, 0.3) is 0 Å². The minimum atomic E-state index is -0.525. The van der Waals surface area contributed by atoms with Gasteiger partial charge >= 0.3 is 18.0 Å². The quantitative estimate of drug-likeness (QED) is 0.555.